The van der Waals surface area contributed by atoms with Gasteiger partial charge in [-0.15, -0.1) is 0 Å². The summed E-state index contributed by atoms with van der Waals surface area (Å²) in [5.41, 5.74) is 4.06. The lowest BCUT2D eigenvalue weighted by atomic mass is 10.2. The van der Waals surface area contributed by atoms with E-state index in [4.69, 9.17) is 10.6 Å². The summed E-state index contributed by atoms with van der Waals surface area (Å²) >= 11 is 0. The molecular weight excluding hydrogens is 233 g/mol. The van der Waals surface area contributed by atoms with Gasteiger partial charge in [0.1, 0.15) is 12.4 Å². The van der Waals surface area contributed by atoms with Crippen molar-refractivity contribution in [2.24, 2.45) is 5.84 Å². The average molecular weight is 247 g/mol. The van der Waals surface area contributed by atoms with E-state index in [0.29, 0.717) is 11.5 Å². The fourth-order valence-electron chi connectivity index (χ4n) is 1.51. The molecule has 0 aliphatic rings. The van der Waals surface area contributed by atoms with E-state index >= 15 is 0 Å². The van der Waals surface area contributed by atoms with Crippen molar-refractivity contribution >= 4 is 5.82 Å². The molecule has 2 aromatic rings. The summed E-state index contributed by atoms with van der Waals surface area (Å²) in [5, 5.41) is 0. The van der Waals surface area contributed by atoms with Gasteiger partial charge in [0, 0.05) is 0 Å². The van der Waals surface area contributed by atoms with E-state index in [1.165, 1.54) is 6.07 Å². The maximum atomic E-state index is 13.4. The third kappa shape index (κ3) is 2.95. The van der Waals surface area contributed by atoms with Gasteiger partial charge in [0.25, 0.3) is 0 Å². The van der Waals surface area contributed by atoms with Crippen molar-refractivity contribution in [3.05, 3.63) is 53.5 Å². The summed E-state index contributed by atoms with van der Waals surface area (Å²) in [6.07, 6.45) is 0. The molecule has 4 nitrogen and oxygen atoms in total. The standard InChI is InChI=1S/C13H14FN3O/c1-9-5-6-11(14)12(7-9)18-8-10-3-2-4-13(16-10)17-15/h2-7H,8,15H2,1H3,(H,16,17). The van der Waals surface area contributed by atoms with Crippen molar-refractivity contribution < 1.29 is 9.13 Å². The number of anilines is 1. The average Bonchev–Trinajstić information content (AvgIpc) is 2.40. The van der Waals surface area contributed by atoms with Crippen LogP contribution >= 0.6 is 0 Å². The molecule has 0 radical (unpaired) electrons. The number of halogens is 1. The number of aromatic nitrogens is 1. The molecule has 0 aliphatic carbocycles. The molecular formula is C13H14FN3O. The summed E-state index contributed by atoms with van der Waals surface area (Å²) in [6.45, 7) is 2.07. The minimum atomic E-state index is -0.381. The molecule has 18 heavy (non-hydrogen) atoms. The van der Waals surface area contributed by atoms with Crippen molar-refractivity contribution in [3.63, 3.8) is 0 Å². The molecule has 0 fully saturated rings. The molecule has 0 atom stereocenters. The summed E-state index contributed by atoms with van der Waals surface area (Å²) in [4.78, 5) is 4.17. The van der Waals surface area contributed by atoms with E-state index in [1.807, 2.05) is 6.92 Å². The van der Waals surface area contributed by atoms with E-state index < -0.39 is 0 Å². The van der Waals surface area contributed by atoms with E-state index in [0.717, 1.165) is 5.56 Å². The van der Waals surface area contributed by atoms with Crippen LogP contribution in [0.2, 0.25) is 0 Å². The first-order valence-electron chi connectivity index (χ1n) is 5.50. The Morgan fingerprint density at radius 3 is 2.94 bits per heavy atom. The van der Waals surface area contributed by atoms with Gasteiger partial charge in [0.05, 0.1) is 5.69 Å². The van der Waals surface area contributed by atoms with E-state index in [1.54, 1.807) is 30.3 Å². The number of rotatable bonds is 4. The number of hydrogen-bond donors (Lipinski definition) is 2. The fourth-order valence-corrected chi connectivity index (χ4v) is 1.51. The Labute approximate surface area is 105 Å². The Balaban J connectivity index is 2.08. The Hall–Kier alpha value is -2.14. The van der Waals surface area contributed by atoms with Gasteiger partial charge in [-0.1, -0.05) is 12.1 Å². The topological polar surface area (TPSA) is 60.2 Å². The zero-order valence-corrected chi connectivity index (χ0v) is 9.98. The van der Waals surface area contributed by atoms with Crippen LogP contribution in [0.25, 0.3) is 0 Å². The van der Waals surface area contributed by atoms with E-state index in [-0.39, 0.29) is 18.2 Å². The Morgan fingerprint density at radius 1 is 1.33 bits per heavy atom. The van der Waals surface area contributed by atoms with Gasteiger partial charge in [0.2, 0.25) is 0 Å². The largest absolute Gasteiger partial charge is 0.484 e. The first kappa shape index (κ1) is 12.3. The SMILES string of the molecule is Cc1ccc(F)c(OCc2cccc(NN)n2)c1. The Kier molecular flexibility index (Phi) is 3.74. The van der Waals surface area contributed by atoms with Crippen LogP contribution in [0.3, 0.4) is 0 Å². The number of nitrogens with two attached hydrogens (primary N) is 1. The number of nitrogens with zero attached hydrogens (tertiary/aromatic N) is 1. The number of aryl methyl sites for hydroxylation is 1. The van der Waals surface area contributed by atoms with Gasteiger partial charge in [-0.2, -0.15) is 0 Å². The quantitative estimate of drug-likeness (QED) is 0.643. The van der Waals surface area contributed by atoms with Crippen molar-refractivity contribution in [1.82, 2.24) is 4.98 Å². The van der Waals surface area contributed by atoms with Crippen LogP contribution in [0.4, 0.5) is 10.2 Å². The van der Waals surface area contributed by atoms with Crippen LogP contribution in [-0.4, -0.2) is 4.98 Å². The highest BCUT2D eigenvalue weighted by molar-refractivity contribution is 5.34. The molecule has 0 bridgehead atoms. The molecule has 0 spiro atoms. The molecule has 0 saturated carbocycles. The van der Waals surface area contributed by atoms with E-state index in [2.05, 4.69) is 10.4 Å². The lowest BCUT2D eigenvalue weighted by Gasteiger charge is -2.08. The Morgan fingerprint density at radius 2 is 2.17 bits per heavy atom. The predicted octanol–water partition coefficient (Wildman–Crippen LogP) is 2.39. The highest BCUT2D eigenvalue weighted by atomic mass is 19.1. The highest BCUT2D eigenvalue weighted by Gasteiger charge is 2.04. The summed E-state index contributed by atoms with van der Waals surface area (Å²) in [6, 6.07) is 10.1. The zero-order chi connectivity index (χ0) is 13.0. The number of pyridine rings is 1. The normalized spacial score (nSPS) is 10.2. The Bertz CT molecular complexity index is 546. The number of ether oxygens (including phenoxy) is 1. The first-order chi connectivity index (χ1) is 8.69. The molecule has 1 aromatic carbocycles. The van der Waals surface area contributed by atoms with Crippen LogP contribution in [0.5, 0.6) is 5.75 Å². The zero-order valence-electron chi connectivity index (χ0n) is 9.98. The van der Waals surface area contributed by atoms with Crippen molar-refractivity contribution in [2.75, 3.05) is 5.43 Å². The van der Waals surface area contributed by atoms with Crippen LogP contribution in [0, 0.1) is 12.7 Å². The van der Waals surface area contributed by atoms with Gasteiger partial charge in [-0.3, -0.25) is 0 Å². The lowest BCUT2D eigenvalue weighted by molar-refractivity contribution is 0.286. The molecule has 1 aromatic heterocycles. The second-order valence-electron chi connectivity index (χ2n) is 3.88. The monoisotopic (exact) mass is 247 g/mol. The van der Waals surface area contributed by atoms with Crippen molar-refractivity contribution in [2.45, 2.75) is 13.5 Å². The number of benzene rings is 1. The number of hydrazine groups is 1. The minimum Gasteiger partial charge on any atom is -0.484 e. The van der Waals surface area contributed by atoms with Crippen LogP contribution < -0.4 is 16.0 Å². The van der Waals surface area contributed by atoms with Crippen LogP contribution in [-0.2, 0) is 6.61 Å². The van der Waals surface area contributed by atoms with Gasteiger partial charge < -0.3 is 10.2 Å². The molecule has 5 heteroatoms. The summed E-state index contributed by atoms with van der Waals surface area (Å²) in [7, 11) is 0. The van der Waals surface area contributed by atoms with E-state index in [9.17, 15) is 4.39 Å². The third-order valence-electron chi connectivity index (χ3n) is 2.42. The first-order valence-corrected chi connectivity index (χ1v) is 5.50. The van der Waals surface area contributed by atoms with Gasteiger partial charge >= 0.3 is 0 Å². The van der Waals surface area contributed by atoms with Crippen molar-refractivity contribution in [3.8, 4) is 5.75 Å². The van der Waals surface area contributed by atoms with Crippen LogP contribution in [0.1, 0.15) is 11.3 Å². The number of nitrogens with one attached hydrogen (secondary N) is 1. The van der Waals surface area contributed by atoms with Gasteiger partial charge in [0.15, 0.2) is 11.6 Å². The molecule has 94 valence electrons. The van der Waals surface area contributed by atoms with Gasteiger partial charge in [-0.25, -0.2) is 15.2 Å². The third-order valence-corrected chi connectivity index (χ3v) is 2.42. The lowest BCUT2D eigenvalue weighted by Crippen LogP contribution is -2.10. The summed E-state index contributed by atoms with van der Waals surface area (Å²) < 4.78 is 18.8. The molecule has 3 N–H and O–H groups in total. The maximum Gasteiger partial charge on any atom is 0.165 e. The van der Waals surface area contributed by atoms with Crippen molar-refractivity contribution in [1.29, 1.82) is 0 Å². The predicted molar refractivity (Wildman–Crippen MR) is 67.5 cm³/mol. The second kappa shape index (κ2) is 5.46. The second-order valence-corrected chi connectivity index (χ2v) is 3.88. The minimum absolute atomic E-state index is 0.190. The maximum absolute atomic E-state index is 13.4. The highest BCUT2D eigenvalue weighted by Crippen LogP contribution is 2.19. The molecule has 1 heterocycles. The number of nitrogen functional groups attached to an aromatic ring is 1. The fraction of sp³-hybridized carbons (Fsp3) is 0.154. The molecule has 0 unspecified atom stereocenters. The number of hydrogen-bond acceptors (Lipinski definition) is 4. The molecule has 0 aliphatic heterocycles. The smallest absolute Gasteiger partial charge is 0.165 e. The van der Waals surface area contributed by atoms with Crippen LogP contribution in [0.15, 0.2) is 36.4 Å². The summed E-state index contributed by atoms with van der Waals surface area (Å²) in [5.74, 6) is 5.64. The molecule has 0 amide bonds. The van der Waals surface area contributed by atoms with Gasteiger partial charge in [-0.05, 0) is 36.8 Å². The molecule has 2 rings (SSSR count). The molecule has 0 saturated heterocycles.